The Morgan fingerprint density at radius 3 is 2.37 bits per heavy atom. The molecule has 1 saturated carbocycles. The molecule has 0 heterocycles. The molecule has 0 radical (unpaired) electrons. The van der Waals surface area contributed by atoms with Gasteiger partial charge >= 0.3 is 0 Å². The Morgan fingerprint density at radius 2 is 1.79 bits per heavy atom. The average Bonchev–Trinajstić information content (AvgIpc) is 2.46. The van der Waals surface area contributed by atoms with Gasteiger partial charge in [0.25, 0.3) is 0 Å². The van der Waals surface area contributed by atoms with Crippen molar-refractivity contribution in [3.05, 3.63) is 30.3 Å². The maximum Gasteiger partial charge on any atom is 0.229 e. The second-order valence-electron chi connectivity index (χ2n) is 5.94. The maximum absolute atomic E-state index is 12.4. The Labute approximate surface area is 116 Å². The van der Waals surface area contributed by atoms with Crippen molar-refractivity contribution in [2.75, 3.05) is 11.4 Å². The van der Waals surface area contributed by atoms with E-state index in [0.717, 1.165) is 12.2 Å². The molecule has 1 fully saturated rings. The first-order valence-corrected chi connectivity index (χ1v) is 7.55. The molecule has 0 aromatic heterocycles. The number of anilines is 1. The lowest BCUT2D eigenvalue weighted by Gasteiger charge is -2.31. The van der Waals surface area contributed by atoms with Crippen molar-refractivity contribution in [1.82, 2.24) is 0 Å². The van der Waals surface area contributed by atoms with E-state index < -0.39 is 0 Å². The van der Waals surface area contributed by atoms with Gasteiger partial charge in [-0.3, -0.25) is 4.79 Å². The first-order valence-electron chi connectivity index (χ1n) is 7.55. The summed E-state index contributed by atoms with van der Waals surface area (Å²) in [6.07, 6.45) is 6.55. The van der Waals surface area contributed by atoms with Gasteiger partial charge in [-0.25, -0.2) is 0 Å². The van der Waals surface area contributed by atoms with Crippen LogP contribution < -0.4 is 4.90 Å². The standard InChI is InChI=1S/C17H25NO/c1-14(2)17(19)18(16-11-7-4-8-12-16)13-15-9-5-3-6-10-15/h4,7-8,11-12,14-15H,3,5-6,9-10,13H2,1-2H3. The van der Waals surface area contributed by atoms with E-state index in [-0.39, 0.29) is 11.8 Å². The first-order chi connectivity index (χ1) is 9.18. The van der Waals surface area contributed by atoms with Gasteiger partial charge in [-0.05, 0) is 30.9 Å². The summed E-state index contributed by atoms with van der Waals surface area (Å²) in [5.74, 6) is 0.984. The summed E-state index contributed by atoms with van der Waals surface area (Å²) in [6, 6.07) is 10.1. The summed E-state index contributed by atoms with van der Waals surface area (Å²) in [6.45, 7) is 4.86. The number of hydrogen-bond donors (Lipinski definition) is 0. The molecular weight excluding hydrogens is 234 g/mol. The second kappa shape index (κ2) is 6.74. The molecule has 1 aromatic carbocycles. The zero-order valence-corrected chi connectivity index (χ0v) is 12.1. The SMILES string of the molecule is CC(C)C(=O)N(CC1CCCCC1)c1ccccc1. The van der Waals surface area contributed by atoms with E-state index >= 15 is 0 Å². The lowest BCUT2D eigenvalue weighted by Crippen LogP contribution is -2.38. The highest BCUT2D eigenvalue weighted by Crippen LogP contribution is 2.27. The second-order valence-corrected chi connectivity index (χ2v) is 5.94. The average molecular weight is 259 g/mol. The van der Waals surface area contributed by atoms with Gasteiger partial charge in [0.05, 0.1) is 0 Å². The Hall–Kier alpha value is -1.31. The molecule has 0 saturated heterocycles. The van der Waals surface area contributed by atoms with Gasteiger partial charge in [-0.15, -0.1) is 0 Å². The molecule has 19 heavy (non-hydrogen) atoms. The highest BCUT2D eigenvalue weighted by atomic mass is 16.2. The van der Waals surface area contributed by atoms with Crippen LogP contribution in [-0.4, -0.2) is 12.5 Å². The van der Waals surface area contributed by atoms with E-state index in [1.165, 1.54) is 32.1 Å². The van der Waals surface area contributed by atoms with Crippen molar-refractivity contribution >= 4 is 11.6 Å². The number of benzene rings is 1. The highest BCUT2D eigenvalue weighted by Gasteiger charge is 2.23. The summed E-state index contributed by atoms with van der Waals surface area (Å²) in [7, 11) is 0. The Morgan fingerprint density at radius 1 is 1.16 bits per heavy atom. The molecule has 104 valence electrons. The molecule has 0 unspecified atom stereocenters. The minimum atomic E-state index is 0.0591. The zero-order valence-electron chi connectivity index (χ0n) is 12.1. The summed E-state index contributed by atoms with van der Waals surface area (Å²) >= 11 is 0. The summed E-state index contributed by atoms with van der Waals surface area (Å²) in [5.41, 5.74) is 1.05. The van der Waals surface area contributed by atoms with Gasteiger partial charge in [0.1, 0.15) is 0 Å². The van der Waals surface area contributed by atoms with Crippen LogP contribution in [0.1, 0.15) is 46.0 Å². The number of para-hydroxylation sites is 1. The molecule has 1 amide bonds. The molecular formula is C17H25NO. The summed E-state index contributed by atoms with van der Waals surface area (Å²) in [5, 5.41) is 0. The monoisotopic (exact) mass is 259 g/mol. The van der Waals surface area contributed by atoms with Gasteiger partial charge in [0, 0.05) is 18.2 Å². The minimum absolute atomic E-state index is 0.0591. The number of nitrogens with zero attached hydrogens (tertiary/aromatic N) is 1. The van der Waals surface area contributed by atoms with Crippen molar-refractivity contribution in [2.24, 2.45) is 11.8 Å². The van der Waals surface area contributed by atoms with Crippen molar-refractivity contribution < 1.29 is 4.79 Å². The van der Waals surface area contributed by atoms with E-state index in [0.29, 0.717) is 5.92 Å². The third kappa shape index (κ3) is 3.82. The third-order valence-corrected chi connectivity index (χ3v) is 3.99. The van der Waals surface area contributed by atoms with E-state index in [4.69, 9.17) is 0 Å². The molecule has 0 aliphatic heterocycles. The topological polar surface area (TPSA) is 20.3 Å². The van der Waals surface area contributed by atoms with Gasteiger partial charge in [0.15, 0.2) is 0 Å². The fourth-order valence-corrected chi connectivity index (χ4v) is 2.87. The lowest BCUT2D eigenvalue weighted by molar-refractivity contribution is -0.121. The molecule has 2 heteroatoms. The van der Waals surface area contributed by atoms with Gasteiger partial charge in [-0.2, -0.15) is 0 Å². The van der Waals surface area contributed by atoms with Crippen molar-refractivity contribution in [3.8, 4) is 0 Å². The van der Waals surface area contributed by atoms with Crippen LogP contribution in [0.2, 0.25) is 0 Å². The highest BCUT2D eigenvalue weighted by molar-refractivity contribution is 5.94. The Balaban J connectivity index is 2.12. The minimum Gasteiger partial charge on any atom is -0.312 e. The Kier molecular flexibility index (Phi) is 5.00. The van der Waals surface area contributed by atoms with Crippen LogP contribution in [0.3, 0.4) is 0 Å². The predicted molar refractivity (Wildman–Crippen MR) is 80.2 cm³/mol. The van der Waals surface area contributed by atoms with Crippen LogP contribution in [0.5, 0.6) is 0 Å². The van der Waals surface area contributed by atoms with Crippen LogP contribution in [-0.2, 0) is 4.79 Å². The van der Waals surface area contributed by atoms with Gasteiger partial charge < -0.3 is 4.90 Å². The number of hydrogen-bond acceptors (Lipinski definition) is 1. The van der Waals surface area contributed by atoms with Crippen LogP contribution in [0.25, 0.3) is 0 Å². The van der Waals surface area contributed by atoms with E-state index in [1.54, 1.807) is 0 Å². The third-order valence-electron chi connectivity index (χ3n) is 3.99. The van der Waals surface area contributed by atoms with Crippen LogP contribution >= 0.6 is 0 Å². The van der Waals surface area contributed by atoms with E-state index in [2.05, 4.69) is 0 Å². The van der Waals surface area contributed by atoms with Gasteiger partial charge in [0.2, 0.25) is 5.91 Å². The largest absolute Gasteiger partial charge is 0.312 e. The fourth-order valence-electron chi connectivity index (χ4n) is 2.87. The number of carbonyl (C=O) groups is 1. The molecule has 0 spiro atoms. The van der Waals surface area contributed by atoms with E-state index in [9.17, 15) is 4.79 Å². The Bertz CT molecular complexity index is 393. The van der Waals surface area contributed by atoms with Crippen LogP contribution in [0.15, 0.2) is 30.3 Å². The smallest absolute Gasteiger partial charge is 0.229 e. The fraction of sp³-hybridized carbons (Fsp3) is 0.588. The summed E-state index contributed by atoms with van der Waals surface area (Å²) < 4.78 is 0. The molecule has 1 aliphatic carbocycles. The van der Waals surface area contributed by atoms with Gasteiger partial charge in [-0.1, -0.05) is 51.3 Å². The van der Waals surface area contributed by atoms with Crippen LogP contribution in [0.4, 0.5) is 5.69 Å². The summed E-state index contributed by atoms with van der Waals surface area (Å²) in [4.78, 5) is 14.4. The molecule has 0 bridgehead atoms. The molecule has 2 rings (SSSR count). The number of amides is 1. The van der Waals surface area contributed by atoms with Crippen LogP contribution in [0, 0.1) is 11.8 Å². The van der Waals surface area contributed by atoms with Crippen molar-refractivity contribution in [2.45, 2.75) is 46.0 Å². The molecule has 0 N–H and O–H groups in total. The zero-order chi connectivity index (χ0) is 13.7. The van der Waals surface area contributed by atoms with E-state index in [1.807, 2.05) is 49.1 Å². The predicted octanol–water partition coefficient (Wildman–Crippen LogP) is 4.26. The van der Waals surface area contributed by atoms with Crippen molar-refractivity contribution in [1.29, 1.82) is 0 Å². The molecule has 1 aromatic rings. The molecule has 1 aliphatic rings. The normalized spacial score (nSPS) is 16.6. The quantitative estimate of drug-likeness (QED) is 0.791. The number of carbonyl (C=O) groups excluding carboxylic acids is 1. The lowest BCUT2D eigenvalue weighted by atomic mass is 9.88. The van der Waals surface area contributed by atoms with Crippen molar-refractivity contribution in [3.63, 3.8) is 0 Å². The number of rotatable bonds is 4. The molecule has 2 nitrogen and oxygen atoms in total. The molecule has 0 atom stereocenters. The first kappa shape index (κ1) is 14.1. The maximum atomic E-state index is 12.4.